The largest absolute Gasteiger partial charge is 0.224 e. The van der Waals surface area contributed by atoms with Crippen LogP contribution in [0.4, 0.5) is 0 Å². The van der Waals surface area contributed by atoms with E-state index in [-0.39, 0.29) is 26.4 Å². The summed E-state index contributed by atoms with van der Waals surface area (Å²) in [6.45, 7) is 5.57. The van der Waals surface area contributed by atoms with Gasteiger partial charge >= 0.3 is 0 Å². The van der Waals surface area contributed by atoms with Crippen LogP contribution < -0.4 is 0 Å². The monoisotopic (exact) mass is 281 g/mol. The zero-order chi connectivity index (χ0) is 12.6. The average Bonchev–Trinajstić information content (AvgIpc) is 1.96. The van der Waals surface area contributed by atoms with Gasteiger partial charge in [0.1, 0.15) is 10.3 Å². The van der Waals surface area contributed by atoms with Gasteiger partial charge in [0, 0.05) is 0 Å². The minimum atomic E-state index is -3.37. The number of rotatable bonds is 2. The van der Waals surface area contributed by atoms with Crippen LogP contribution in [0, 0.1) is 5.41 Å². The maximum absolute atomic E-state index is 12.0. The number of halogens is 2. The van der Waals surface area contributed by atoms with Crippen LogP contribution in [0.15, 0.2) is 17.0 Å². The van der Waals surface area contributed by atoms with E-state index in [9.17, 15) is 8.42 Å². The van der Waals surface area contributed by atoms with Crippen molar-refractivity contribution in [3.05, 3.63) is 22.4 Å². The van der Waals surface area contributed by atoms with E-state index in [4.69, 9.17) is 23.2 Å². The van der Waals surface area contributed by atoms with Crippen molar-refractivity contribution in [2.75, 3.05) is 5.75 Å². The molecule has 1 aromatic rings. The minimum Gasteiger partial charge on any atom is -0.224 e. The number of hydrogen-bond acceptors (Lipinski definition) is 3. The Kier molecular flexibility index (Phi) is 3.87. The molecule has 6 heteroatoms. The zero-order valence-corrected chi connectivity index (χ0v) is 11.6. The fourth-order valence-corrected chi connectivity index (χ4v) is 3.75. The van der Waals surface area contributed by atoms with Gasteiger partial charge in [-0.25, -0.2) is 13.4 Å². The lowest BCUT2D eigenvalue weighted by Crippen LogP contribution is -2.20. The van der Waals surface area contributed by atoms with Crippen molar-refractivity contribution in [1.82, 2.24) is 4.98 Å². The highest BCUT2D eigenvalue weighted by molar-refractivity contribution is 7.91. The SMILES string of the molecule is CC(C)(C)CS(=O)(=O)c1cc(Cl)nc(Cl)c1. The van der Waals surface area contributed by atoms with Gasteiger partial charge in [-0.2, -0.15) is 0 Å². The van der Waals surface area contributed by atoms with Crippen LogP contribution in [-0.4, -0.2) is 19.2 Å². The third-order valence-corrected chi connectivity index (χ3v) is 4.31. The topological polar surface area (TPSA) is 47.0 Å². The molecule has 1 heterocycles. The summed E-state index contributed by atoms with van der Waals surface area (Å²) in [6, 6.07) is 2.63. The number of sulfone groups is 1. The molecule has 0 saturated carbocycles. The standard InChI is InChI=1S/C10H13Cl2NO2S/c1-10(2,3)6-16(14,15)7-4-8(11)13-9(12)5-7/h4-5H,6H2,1-3H3. The van der Waals surface area contributed by atoms with Crippen LogP contribution in [0.25, 0.3) is 0 Å². The van der Waals surface area contributed by atoms with E-state index in [1.165, 1.54) is 12.1 Å². The molecule has 16 heavy (non-hydrogen) atoms. The summed E-state index contributed by atoms with van der Waals surface area (Å²) in [4.78, 5) is 3.83. The average molecular weight is 282 g/mol. The second-order valence-corrected chi connectivity index (χ2v) is 7.53. The lowest BCUT2D eigenvalue weighted by atomic mass is 10.0. The van der Waals surface area contributed by atoms with Gasteiger partial charge in [0.25, 0.3) is 0 Å². The fraction of sp³-hybridized carbons (Fsp3) is 0.500. The molecule has 0 unspecified atom stereocenters. The first kappa shape index (κ1) is 13.7. The van der Waals surface area contributed by atoms with Crippen LogP contribution in [0.3, 0.4) is 0 Å². The van der Waals surface area contributed by atoms with Crippen molar-refractivity contribution >= 4 is 33.0 Å². The molecule has 0 atom stereocenters. The van der Waals surface area contributed by atoms with Crippen LogP contribution in [0.2, 0.25) is 10.3 Å². The first-order valence-electron chi connectivity index (χ1n) is 4.66. The van der Waals surface area contributed by atoms with Gasteiger partial charge in [0.15, 0.2) is 9.84 Å². The van der Waals surface area contributed by atoms with Gasteiger partial charge in [-0.1, -0.05) is 44.0 Å². The Bertz CT molecular complexity index is 472. The van der Waals surface area contributed by atoms with Gasteiger partial charge in [-0.15, -0.1) is 0 Å². The quantitative estimate of drug-likeness (QED) is 0.782. The smallest absolute Gasteiger partial charge is 0.179 e. The molecular weight excluding hydrogens is 269 g/mol. The predicted molar refractivity (Wildman–Crippen MR) is 65.8 cm³/mol. The van der Waals surface area contributed by atoms with Gasteiger partial charge in [-0.05, 0) is 17.5 Å². The second kappa shape index (κ2) is 4.51. The molecule has 0 N–H and O–H groups in total. The first-order valence-corrected chi connectivity index (χ1v) is 7.07. The molecule has 0 aliphatic carbocycles. The molecule has 1 aromatic heterocycles. The summed E-state index contributed by atoms with van der Waals surface area (Å²) in [5.41, 5.74) is -0.318. The van der Waals surface area contributed by atoms with E-state index in [1.807, 2.05) is 20.8 Å². The molecule has 0 saturated heterocycles. The highest BCUT2D eigenvalue weighted by atomic mass is 35.5. The Morgan fingerprint density at radius 2 is 1.62 bits per heavy atom. The summed E-state index contributed by atoms with van der Waals surface area (Å²) in [5.74, 6) is 0.0384. The van der Waals surface area contributed by atoms with E-state index in [0.29, 0.717) is 0 Å². The third-order valence-electron chi connectivity index (χ3n) is 1.72. The van der Waals surface area contributed by atoms with Crippen LogP contribution >= 0.6 is 23.2 Å². The zero-order valence-electron chi connectivity index (χ0n) is 9.29. The van der Waals surface area contributed by atoms with Crippen LogP contribution in [0.5, 0.6) is 0 Å². The number of aromatic nitrogens is 1. The van der Waals surface area contributed by atoms with Gasteiger partial charge in [0.2, 0.25) is 0 Å². The summed E-state index contributed by atoms with van der Waals surface area (Å²) in [6.07, 6.45) is 0. The summed E-state index contributed by atoms with van der Waals surface area (Å²) in [7, 11) is -3.37. The van der Waals surface area contributed by atoms with E-state index in [1.54, 1.807) is 0 Å². The van der Waals surface area contributed by atoms with Crippen molar-refractivity contribution in [1.29, 1.82) is 0 Å². The molecule has 3 nitrogen and oxygen atoms in total. The molecule has 0 bridgehead atoms. The van der Waals surface area contributed by atoms with Crippen molar-refractivity contribution in [2.24, 2.45) is 5.41 Å². The molecule has 0 aromatic carbocycles. The Morgan fingerprint density at radius 3 is 2.00 bits per heavy atom. The Morgan fingerprint density at radius 1 is 1.19 bits per heavy atom. The molecule has 0 aliphatic rings. The van der Waals surface area contributed by atoms with Crippen LogP contribution in [-0.2, 0) is 9.84 Å². The van der Waals surface area contributed by atoms with Gasteiger partial charge < -0.3 is 0 Å². The van der Waals surface area contributed by atoms with Crippen LogP contribution in [0.1, 0.15) is 20.8 Å². The number of nitrogens with zero attached hydrogens (tertiary/aromatic N) is 1. The summed E-state index contributed by atoms with van der Waals surface area (Å²) < 4.78 is 24.0. The Labute approximate surface area is 106 Å². The molecule has 0 spiro atoms. The maximum atomic E-state index is 12.0. The maximum Gasteiger partial charge on any atom is 0.179 e. The van der Waals surface area contributed by atoms with E-state index in [0.717, 1.165) is 0 Å². The molecule has 0 aliphatic heterocycles. The Hall–Kier alpha value is -0.320. The van der Waals surface area contributed by atoms with Crippen molar-refractivity contribution < 1.29 is 8.42 Å². The predicted octanol–water partition coefficient (Wildman–Crippen LogP) is 3.21. The molecular formula is C10H13Cl2NO2S. The minimum absolute atomic E-state index is 0.0384. The summed E-state index contributed by atoms with van der Waals surface area (Å²) >= 11 is 11.3. The molecule has 0 fully saturated rings. The van der Waals surface area contributed by atoms with E-state index in [2.05, 4.69) is 4.98 Å². The first-order chi connectivity index (χ1) is 7.10. The van der Waals surface area contributed by atoms with Gasteiger partial charge in [0.05, 0.1) is 10.6 Å². The fourth-order valence-electron chi connectivity index (χ4n) is 1.28. The lowest BCUT2D eigenvalue weighted by Gasteiger charge is -2.18. The third kappa shape index (κ3) is 3.92. The van der Waals surface area contributed by atoms with Crippen molar-refractivity contribution in [3.8, 4) is 0 Å². The molecule has 1 rings (SSSR count). The van der Waals surface area contributed by atoms with Crippen molar-refractivity contribution in [2.45, 2.75) is 25.7 Å². The normalized spacial score (nSPS) is 12.8. The Balaban J connectivity index is 3.18. The highest BCUT2D eigenvalue weighted by Crippen LogP contribution is 2.25. The van der Waals surface area contributed by atoms with Gasteiger partial charge in [-0.3, -0.25) is 0 Å². The number of pyridine rings is 1. The number of hydrogen-bond donors (Lipinski definition) is 0. The molecule has 0 radical (unpaired) electrons. The summed E-state index contributed by atoms with van der Waals surface area (Å²) in [5, 5.41) is 0.167. The lowest BCUT2D eigenvalue weighted by molar-refractivity contribution is 0.461. The van der Waals surface area contributed by atoms with E-state index < -0.39 is 9.84 Å². The second-order valence-electron chi connectivity index (χ2n) is 4.77. The molecule has 0 amide bonds. The van der Waals surface area contributed by atoms with E-state index >= 15 is 0 Å². The highest BCUT2D eigenvalue weighted by Gasteiger charge is 2.24. The van der Waals surface area contributed by atoms with Crippen molar-refractivity contribution in [3.63, 3.8) is 0 Å². The molecule has 90 valence electrons.